The van der Waals surface area contributed by atoms with E-state index in [0.717, 1.165) is 0 Å². The Morgan fingerprint density at radius 1 is 1.27 bits per heavy atom. The number of carbonyl (C=O) groups is 1. The number of piperidine rings is 1. The molecule has 0 aromatic heterocycles. The molecule has 0 radical (unpaired) electrons. The van der Waals surface area contributed by atoms with Crippen molar-refractivity contribution >= 4 is 5.91 Å². The van der Waals surface area contributed by atoms with Crippen LogP contribution in [0.5, 0.6) is 5.75 Å². The van der Waals surface area contributed by atoms with Crippen LogP contribution in [0.2, 0.25) is 0 Å². The van der Waals surface area contributed by atoms with E-state index in [9.17, 15) is 22.4 Å². The zero-order valence-corrected chi connectivity index (χ0v) is 11.9. The Hall–Kier alpha value is -1.79. The first-order valence-electron chi connectivity index (χ1n) is 7.09. The minimum absolute atomic E-state index is 0.00194. The fourth-order valence-corrected chi connectivity index (χ4v) is 2.42. The van der Waals surface area contributed by atoms with Gasteiger partial charge in [0.15, 0.2) is 0 Å². The molecule has 1 saturated heterocycles. The van der Waals surface area contributed by atoms with Crippen molar-refractivity contribution in [2.24, 2.45) is 5.92 Å². The van der Waals surface area contributed by atoms with Crippen LogP contribution in [0.3, 0.4) is 0 Å². The Morgan fingerprint density at radius 2 is 1.95 bits per heavy atom. The summed E-state index contributed by atoms with van der Waals surface area (Å²) in [6.45, 7) is 0.124. The molecule has 1 aliphatic rings. The van der Waals surface area contributed by atoms with Crippen LogP contribution >= 0.6 is 0 Å². The van der Waals surface area contributed by atoms with Crippen LogP contribution in [0.4, 0.5) is 17.6 Å². The van der Waals surface area contributed by atoms with Crippen molar-refractivity contribution in [3.8, 4) is 5.75 Å². The number of benzene rings is 1. The van der Waals surface area contributed by atoms with Gasteiger partial charge in [-0.25, -0.2) is 4.39 Å². The first-order valence-corrected chi connectivity index (χ1v) is 7.09. The van der Waals surface area contributed by atoms with Gasteiger partial charge in [-0.05, 0) is 37.1 Å². The quantitative estimate of drug-likeness (QED) is 0.796. The van der Waals surface area contributed by atoms with E-state index in [1.165, 1.54) is 29.2 Å². The van der Waals surface area contributed by atoms with Gasteiger partial charge in [0.1, 0.15) is 11.6 Å². The fourth-order valence-electron chi connectivity index (χ4n) is 2.42. The lowest BCUT2D eigenvalue weighted by Crippen LogP contribution is -2.44. The van der Waals surface area contributed by atoms with Gasteiger partial charge >= 0.3 is 6.18 Å². The average molecular weight is 319 g/mol. The summed E-state index contributed by atoms with van der Waals surface area (Å²) in [5.41, 5.74) is 0. The van der Waals surface area contributed by atoms with Gasteiger partial charge in [-0.2, -0.15) is 13.2 Å². The number of nitrogens with zero attached hydrogens (tertiary/aromatic N) is 1. The highest BCUT2D eigenvalue weighted by Gasteiger charge is 2.42. The molecule has 1 atom stereocenters. The number of alkyl halides is 3. The van der Waals surface area contributed by atoms with Gasteiger partial charge in [-0.3, -0.25) is 4.79 Å². The zero-order chi connectivity index (χ0) is 16.2. The van der Waals surface area contributed by atoms with E-state index >= 15 is 0 Å². The largest absolute Gasteiger partial charge is 0.493 e. The molecule has 1 amide bonds. The van der Waals surface area contributed by atoms with Gasteiger partial charge in [0.2, 0.25) is 5.91 Å². The van der Waals surface area contributed by atoms with Crippen LogP contribution in [0.15, 0.2) is 24.3 Å². The maximum absolute atomic E-state index is 12.7. The highest BCUT2D eigenvalue weighted by atomic mass is 19.4. The molecule has 2 rings (SSSR count). The summed E-state index contributed by atoms with van der Waals surface area (Å²) in [6.07, 6.45) is -3.83. The van der Waals surface area contributed by atoms with Gasteiger partial charge in [0.25, 0.3) is 0 Å². The predicted molar refractivity (Wildman–Crippen MR) is 71.9 cm³/mol. The molecule has 1 fully saturated rings. The van der Waals surface area contributed by atoms with Crippen molar-refractivity contribution in [2.45, 2.75) is 25.4 Å². The molecule has 22 heavy (non-hydrogen) atoms. The number of halogens is 4. The second-order valence-corrected chi connectivity index (χ2v) is 5.27. The van der Waals surface area contributed by atoms with E-state index in [0.29, 0.717) is 18.7 Å². The number of hydrogen-bond donors (Lipinski definition) is 0. The maximum atomic E-state index is 12.7. The molecule has 0 spiro atoms. The number of amides is 1. The summed E-state index contributed by atoms with van der Waals surface area (Å²) in [5, 5.41) is 0. The van der Waals surface area contributed by atoms with Crippen LogP contribution in [0.25, 0.3) is 0 Å². The van der Waals surface area contributed by atoms with E-state index in [1.54, 1.807) is 0 Å². The van der Waals surface area contributed by atoms with Crippen molar-refractivity contribution in [1.29, 1.82) is 0 Å². The Balaban J connectivity index is 1.78. The van der Waals surface area contributed by atoms with Crippen molar-refractivity contribution in [3.05, 3.63) is 30.1 Å². The van der Waals surface area contributed by atoms with Gasteiger partial charge in [0, 0.05) is 13.1 Å². The number of likely N-dealkylation sites (tertiary alicyclic amines) is 1. The van der Waals surface area contributed by atoms with Crippen molar-refractivity contribution in [3.63, 3.8) is 0 Å². The number of hydrogen-bond acceptors (Lipinski definition) is 2. The van der Waals surface area contributed by atoms with Crippen LogP contribution in [0, 0.1) is 11.7 Å². The van der Waals surface area contributed by atoms with Crippen LogP contribution in [-0.4, -0.2) is 36.7 Å². The molecule has 1 aromatic rings. The number of ether oxygens (including phenoxy) is 1. The fraction of sp³-hybridized carbons (Fsp3) is 0.533. The molecule has 1 heterocycles. The van der Waals surface area contributed by atoms with Crippen molar-refractivity contribution in [1.82, 2.24) is 4.90 Å². The van der Waals surface area contributed by atoms with E-state index in [4.69, 9.17) is 4.74 Å². The van der Waals surface area contributed by atoms with Gasteiger partial charge in [-0.15, -0.1) is 0 Å². The van der Waals surface area contributed by atoms with Crippen LogP contribution in [0.1, 0.15) is 19.3 Å². The summed E-state index contributed by atoms with van der Waals surface area (Å²) in [6, 6.07) is 5.33. The SMILES string of the molecule is O=C(CCOc1ccc(F)cc1)N1CCC[C@H](C(F)(F)F)C1. The molecule has 0 aliphatic carbocycles. The standard InChI is InChI=1S/C15H17F4NO2/c16-12-3-5-13(6-4-12)22-9-7-14(21)20-8-1-2-11(10-20)15(17,18)19/h3-6,11H,1-2,7-10H2/t11-/m0/s1. The molecule has 0 saturated carbocycles. The monoisotopic (exact) mass is 319 g/mol. The smallest absolute Gasteiger partial charge is 0.393 e. The Bertz CT molecular complexity index is 501. The van der Waals surface area contributed by atoms with E-state index in [-0.39, 0.29) is 31.9 Å². The lowest BCUT2D eigenvalue weighted by atomic mass is 9.97. The molecule has 1 aromatic carbocycles. The molecule has 0 N–H and O–H groups in total. The van der Waals surface area contributed by atoms with E-state index in [2.05, 4.69) is 0 Å². The molecular weight excluding hydrogens is 302 g/mol. The normalized spacial score (nSPS) is 19.1. The second-order valence-electron chi connectivity index (χ2n) is 5.27. The molecule has 122 valence electrons. The summed E-state index contributed by atoms with van der Waals surface area (Å²) in [7, 11) is 0. The average Bonchev–Trinajstić information content (AvgIpc) is 2.48. The van der Waals surface area contributed by atoms with Gasteiger partial charge < -0.3 is 9.64 Å². The number of carbonyl (C=O) groups excluding carboxylic acids is 1. The Labute approximate surface area is 125 Å². The van der Waals surface area contributed by atoms with Gasteiger partial charge in [-0.1, -0.05) is 0 Å². The topological polar surface area (TPSA) is 29.5 Å². The highest BCUT2D eigenvalue weighted by Crippen LogP contribution is 2.33. The summed E-state index contributed by atoms with van der Waals surface area (Å²) < 4.78 is 56.1. The lowest BCUT2D eigenvalue weighted by Gasteiger charge is -2.33. The third-order valence-electron chi connectivity index (χ3n) is 3.64. The Kier molecular flexibility index (Phi) is 5.26. The number of rotatable bonds is 4. The molecule has 3 nitrogen and oxygen atoms in total. The molecule has 7 heteroatoms. The van der Waals surface area contributed by atoms with E-state index < -0.39 is 17.9 Å². The first-order chi connectivity index (χ1) is 10.4. The minimum atomic E-state index is -4.26. The minimum Gasteiger partial charge on any atom is -0.493 e. The van der Waals surface area contributed by atoms with Crippen molar-refractivity contribution < 1.29 is 27.1 Å². The summed E-state index contributed by atoms with van der Waals surface area (Å²) in [5.74, 6) is -1.77. The molecule has 0 bridgehead atoms. The molecular formula is C15H17F4NO2. The zero-order valence-electron chi connectivity index (χ0n) is 11.9. The third-order valence-corrected chi connectivity index (χ3v) is 3.64. The first kappa shape index (κ1) is 16.6. The van der Waals surface area contributed by atoms with E-state index in [1.807, 2.05) is 0 Å². The van der Waals surface area contributed by atoms with Crippen LogP contribution in [-0.2, 0) is 4.79 Å². The van der Waals surface area contributed by atoms with Crippen molar-refractivity contribution in [2.75, 3.05) is 19.7 Å². The second kappa shape index (κ2) is 6.98. The maximum Gasteiger partial charge on any atom is 0.393 e. The summed E-state index contributed by atoms with van der Waals surface area (Å²) in [4.78, 5) is 13.2. The molecule has 1 aliphatic heterocycles. The Morgan fingerprint density at radius 3 is 2.59 bits per heavy atom. The highest BCUT2D eigenvalue weighted by molar-refractivity contribution is 5.76. The molecule has 0 unspecified atom stereocenters. The summed E-state index contributed by atoms with van der Waals surface area (Å²) >= 11 is 0. The predicted octanol–water partition coefficient (Wildman–Crippen LogP) is 3.40. The van der Waals surface area contributed by atoms with Gasteiger partial charge in [0.05, 0.1) is 18.9 Å². The third kappa shape index (κ3) is 4.61. The van der Waals surface area contributed by atoms with Crippen LogP contribution < -0.4 is 4.74 Å². The lowest BCUT2D eigenvalue weighted by molar-refractivity contribution is -0.188.